The van der Waals surface area contributed by atoms with Crippen LogP contribution in [0.2, 0.25) is 0 Å². The summed E-state index contributed by atoms with van der Waals surface area (Å²) >= 11 is 3.23. The van der Waals surface area contributed by atoms with E-state index in [0.29, 0.717) is 26.3 Å². The third kappa shape index (κ3) is 1.63. The average molecular weight is 294 g/mol. The van der Waals surface area contributed by atoms with Gasteiger partial charge in [0.05, 0.1) is 10.9 Å². The van der Waals surface area contributed by atoms with Crippen molar-refractivity contribution in [3.63, 3.8) is 0 Å². The number of hydrogen-bond donors (Lipinski definition) is 0. The summed E-state index contributed by atoms with van der Waals surface area (Å²) in [7, 11) is 0. The van der Waals surface area contributed by atoms with E-state index in [2.05, 4.69) is 20.9 Å². The molecule has 84 valence electrons. The van der Waals surface area contributed by atoms with Crippen molar-refractivity contribution >= 4 is 37.8 Å². The molecule has 3 aromatic rings. The van der Waals surface area contributed by atoms with Gasteiger partial charge in [-0.15, -0.1) is 0 Å². The van der Waals surface area contributed by atoms with Crippen LogP contribution in [0.4, 0.5) is 4.39 Å². The van der Waals surface area contributed by atoms with Crippen LogP contribution >= 0.6 is 15.9 Å². The van der Waals surface area contributed by atoms with E-state index >= 15 is 0 Å². The van der Waals surface area contributed by atoms with Crippen molar-refractivity contribution in [3.8, 4) is 0 Å². The standard InChI is InChI=1S/C12H5BrFNO2/c13-6-3-9-11(15-5-6)8-4-7(14)1-2-10(8)17-12(9)16/h1-5H. The number of hydrogen-bond acceptors (Lipinski definition) is 3. The van der Waals surface area contributed by atoms with Gasteiger partial charge in [-0.3, -0.25) is 4.98 Å². The number of fused-ring (bicyclic) bond motifs is 3. The molecule has 0 aliphatic rings. The minimum atomic E-state index is -0.479. The van der Waals surface area contributed by atoms with Gasteiger partial charge in [0, 0.05) is 16.1 Å². The van der Waals surface area contributed by atoms with Crippen LogP contribution in [0, 0.1) is 5.82 Å². The summed E-state index contributed by atoms with van der Waals surface area (Å²) in [5.74, 6) is -0.391. The van der Waals surface area contributed by atoms with Crippen LogP contribution in [0.5, 0.6) is 0 Å². The van der Waals surface area contributed by atoms with Gasteiger partial charge in [-0.05, 0) is 40.2 Å². The second-order valence-corrected chi connectivity index (χ2v) is 4.50. The largest absolute Gasteiger partial charge is 0.422 e. The fourth-order valence-electron chi connectivity index (χ4n) is 1.74. The Morgan fingerprint density at radius 2 is 2.06 bits per heavy atom. The van der Waals surface area contributed by atoms with Crippen molar-refractivity contribution in [2.45, 2.75) is 0 Å². The van der Waals surface area contributed by atoms with Crippen molar-refractivity contribution in [2.75, 3.05) is 0 Å². The monoisotopic (exact) mass is 293 g/mol. The lowest BCUT2D eigenvalue weighted by Crippen LogP contribution is -2.01. The zero-order valence-corrected chi connectivity index (χ0v) is 9.99. The minimum Gasteiger partial charge on any atom is -0.422 e. The van der Waals surface area contributed by atoms with E-state index < -0.39 is 11.4 Å². The molecule has 0 N–H and O–H groups in total. The van der Waals surface area contributed by atoms with E-state index in [0.717, 1.165) is 0 Å². The lowest BCUT2D eigenvalue weighted by atomic mass is 10.1. The van der Waals surface area contributed by atoms with Crippen LogP contribution in [-0.2, 0) is 0 Å². The van der Waals surface area contributed by atoms with Crippen LogP contribution in [0.25, 0.3) is 21.9 Å². The van der Waals surface area contributed by atoms with Crippen molar-refractivity contribution in [1.29, 1.82) is 0 Å². The second kappa shape index (κ2) is 3.63. The zero-order chi connectivity index (χ0) is 12.0. The predicted octanol–water partition coefficient (Wildman–Crippen LogP) is 3.24. The molecule has 0 aliphatic heterocycles. The van der Waals surface area contributed by atoms with Crippen molar-refractivity contribution in [1.82, 2.24) is 4.98 Å². The molecule has 1 aromatic carbocycles. The highest BCUT2D eigenvalue weighted by atomic mass is 79.9. The van der Waals surface area contributed by atoms with E-state index in [-0.39, 0.29) is 0 Å². The Balaban J connectivity index is 2.62. The van der Waals surface area contributed by atoms with E-state index in [1.165, 1.54) is 18.2 Å². The molecule has 0 unspecified atom stereocenters. The number of benzene rings is 1. The van der Waals surface area contributed by atoms with Gasteiger partial charge in [-0.1, -0.05) is 0 Å². The zero-order valence-electron chi connectivity index (χ0n) is 8.41. The van der Waals surface area contributed by atoms with Gasteiger partial charge in [0.2, 0.25) is 0 Å². The molecule has 0 bridgehead atoms. The van der Waals surface area contributed by atoms with Crippen molar-refractivity contribution in [2.24, 2.45) is 0 Å². The number of aromatic nitrogens is 1. The third-order valence-electron chi connectivity index (χ3n) is 2.47. The number of rotatable bonds is 0. The van der Waals surface area contributed by atoms with Gasteiger partial charge in [-0.2, -0.15) is 0 Å². The second-order valence-electron chi connectivity index (χ2n) is 3.58. The molecule has 3 nitrogen and oxygen atoms in total. The van der Waals surface area contributed by atoms with Crippen LogP contribution in [0.15, 0.2) is 44.1 Å². The highest BCUT2D eigenvalue weighted by Gasteiger charge is 2.09. The van der Waals surface area contributed by atoms with Crippen LogP contribution in [0.1, 0.15) is 0 Å². The Labute approximate surface area is 103 Å². The van der Waals surface area contributed by atoms with Crippen LogP contribution in [0.3, 0.4) is 0 Å². The molecule has 0 saturated carbocycles. The first kappa shape index (κ1) is 10.4. The predicted molar refractivity (Wildman–Crippen MR) is 65.4 cm³/mol. The first-order valence-electron chi connectivity index (χ1n) is 4.83. The summed E-state index contributed by atoms with van der Waals surface area (Å²) in [5, 5.41) is 0.824. The maximum Gasteiger partial charge on any atom is 0.345 e. The molecular weight excluding hydrogens is 289 g/mol. The Morgan fingerprint density at radius 3 is 2.88 bits per heavy atom. The summed E-state index contributed by atoms with van der Waals surface area (Å²) in [6.07, 6.45) is 1.56. The highest BCUT2D eigenvalue weighted by Crippen LogP contribution is 2.23. The molecule has 0 amide bonds. The van der Waals surface area contributed by atoms with Gasteiger partial charge in [0.25, 0.3) is 0 Å². The fraction of sp³-hybridized carbons (Fsp3) is 0. The van der Waals surface area contributed by atoms with Gasteiger partial charge in [-0.25, -0.2) is 9.18 Å². The molecule has 0 saturated heterocycles. The SMILES string of the molecule is O=c1oc2ccc(F)cc2c2ncc(Br)cc12. The quantitative estimate of drug-likeness (QED) is 0.472. The maximum atomic E-state index is 13.2. The summed E-state index contributed by atoms with van der Waals surface area (Å²) in [6.45, 7) is 0. The van der Waals surface area contributed by atoms with Gasteiger partial charge >= 0.3 is 5.63 Å². The molecule has 17 heavy (non-hydrogen) atoms. The molecule has 0 radical (unpaired) electrons. The fourth-order valence-corrected chi connectivity index (χ4v) is 2.07. The molecule has 3 rings (SSSR count). The summed E-state index contributed by atoms with van der Waals surface area (Å²) < 4.78 is 19.0. The molecular formula is C12H5BrFNO2. The summed E-state index contributed by atoms with van der Waals surface area (Å²) in [4.78, 5) is 15.8. The number of pyridine rings is 1. The van der Waals surface area contributed by atoms with Crippen molar-refractivity contribution < 1.29 is 8.81 Å². The Hall–Kier alpha value is -1.75. The number of nitrogens with zero attached hydrogens (tertiary/aromatic N) is 1. The maximum absolute atomic E-state index is 13.2. The van der Waals surface area contributed by atoms with E-state index in [1.54, 1.807) is 12.3 Å². The van der Waals surface area contributed by atoms with Crippen LogP contribution < -0.4 is 5.63 Å². The van der Waals surface area contributed by atoms with Gasteiger partial charge < -0.3 is 4.42 Å². The van der Waals surface area contributed by atoms with Gasteiger partial charge in [0.1, 0.15) is 11.4 Å². The molecule has 0 aliphatic carbocycles. The Morgan fingerprint density at radius 1 is 1.24 bits per heavy atom. The smallest absolute Gasteiger partial charge is 0.345 e. The van der Waals surface area contributed by atoms with Crippen LogP contribution in [-0.4, -0.2) is 4.98 Å². The van der Waals surface area contributed by atoms with E-state index in [9.17, 15) is 9.18 Å². The highest BCUT2D eigenvalue weighted by molar-refractivity contribution is 9.10. The summed E-state index contributed by atoms with van der Waals surface area (Å²) in [6, 6.07) is 5.59. The van der Waals surface area contributed by atoms with Crippen molar-refractivity contribution in [3.05, 3.63) is 51.2 Å². The normalized spacial score (nSPS) is 11.2. The molecule has 5 heteroatoms. The molecule has 2 aromatic heterocycles. The topological polar surface area (TPSA) is 43.1 Å². The van der Waals surface area contributed by atoms with E-state index in [1.807, 2.05) is 0 Å². The first-order valence-corrected chi connectivity index (χ1v) is 5.62. The molecule has 0 spiro atoms. The number of halogens is 2. The molecule has 0 atom stereocenters. The van der Waals surface area contributed by atoms with Gasteiger partial charge in [0.15, 0.2) is 0 Å². The third-order valence-corrected chi connectivity index (χ3v) is 2.91. The molecule has 0 fully saturated rings. The Kier molecular flexibility index (Phi) is 2.22. The Bertz CT molecular complexity index is 797. The van der Waals surface area contributed by atoms with E-state index in [4.69, 9.17) is 4.42 Å². The minimum absolute atomic E-state index is 0.331. The lowest BCUT2D eigenvalue weighted by molar-refractivity contribution is 0.566. The first-order chi connectivity index (χ1) is 8.15. The molecule has 2 heterocycles. The summed E-state index contributed by atoms with van der Waals surface area (Å²) in [5.41, 5.74) is 0.297. The average Bonchev–Trinajstić information content (AvgIpc) is 2.30. The lowest BCUT2D eigenvalue weighted by Gasteiger charge is -2.01.